The number of amides is 2. The topological polar surface area (TPSA) is 101 Å². The minimum atomic E-state index is -0.448. The quantitative estimate of drug-likeness (QED) is 0.756. The van der Waals surface area contributed by atoms with Gasteiger partial charge in [-0.25, -0.2) is 0 Å². The van der Waals surface area contributed by atoms with Crippen molar-refractivity contribution in [3.8, 4) is 11.3 Å². The highest BCUT2D eigenvalue weighted by Gasteiger charge is 2.16. The third-order valence-corrected chi connectivity index (χ3v) is 2.96. The van der Waals surface area contributed by atoms with Crippen molar-refractivity contribution in [2.24, 2.45) is 5.73 Å². The number of rotatable bonds is 5. The van der Waals surface area contributed by atoms with Crippen molar-refractivity contribution in [3.05, 3.63) is 41.6 Å². The number of nitrogens with two attached hydrogens (primary N) is 1. The maximum absolute atomic E-state index is 12.1. The van der Waals surface area contributed by atoms with E-state index in [1.807, 2.05) is 31.2 Å². The van der Waals surface area contributed by atoms with Crippen molar-refractivity contribution in [2.75, 3.05) is 6.54 Å². The summed E-state index contributed by atoms with van der Waals surface area (Å²) in [5.41, 5.74) is 8.11. The molecule has 20 heavy (non-hydrogen) atoms. The minimum Gasteiger partial charge on any atom is -0.370 e. The van der Waals surface area contributed by atoms with Gasteiger partial charge in [-0.2, -0.15) is 5.10 Å². The fraction of sp³-hybridized carbons (Fsp3) is 0.214. The molecular formula is C14H16N4O2. The third-order valence-electron chi connectivity index (χ3n) is 2.96. The molecule has 0 aliphatic carbocycles. The monoisotopic (exact) mass is 272 g/mol. The number of aromatic nitrogens is 2. The van der Waals surface area contributed by atoms with Gasteiger partial charge in [0.1, 0.15) is 0 Å². The van der Waals surface area contributed by atoms with Crippen LogP contribution in [-0.4, -0.2) is 28.6 Å². The Kier molecular flexibility index (Phi) is 4.14. The molecule has 1 heterocycles. The average molecular weight is 272 g/mol. The van der Waals surface area contributed by atoms with Crippen LogP contribution < -0.4 is 11.1 Å². The van der Waals surface area contributed by atoms with Gasteiger partial charge in [0.15, 0.2) is 0 Å². The van der Waals surface area contributed by atoms with Crippen LogP contribution in [0, 0.1) is 6.92 Å². The largest absolute Gasteiger partial charge is 0.370 e. The number of nitrogens with one attached hydrogen (secondary N) is 2. The van der Waals surface area contributed by atoms with Crippen molar-refractivity contribution >= 4 is 11.8 Å². The fourth-order valence-electron chi connectivity index (χ4n) is 1.91. The Morgan fingerprint density at radius 1 is 1.35 bits per heavy atom. The molecule has 0 spiro atoms. The lowest BCUT2D eigenvalue weighted by Gasteiger charge is -2.07. The first-order chi connectivity index (χ1) is 9.59. The summed E-state index contributed by atoms with van der Waals surface area (Å²) >= 11 is 0. The molecule has 0 aliphatic rings. The number of primary amides is 1. The molecule has 2 rings (SSSR count). The molecule has 0 saturated heterocycles. The van der Waals surface area contributed by atoms with Gasteiger partial charge in [-0.15, -0.1) is 0 Å². The summed E-state index contributed by atoms with van der Waals surface area (Å²) in [6, 6.07) is 7.72. The van der Waals surface area contributed by atoms with E-state index in [9.17, 15) is 9.59 Å². The lowest BCUT2D eigenvalue weighted by Crippen LogP contribution is -2.28. The zero-order valence-electron chi connectivity index (χ0n) is 11.1. The summed E-state index contributed by atoms with van der Waals surface area (Å²) in [5.74, 6) is -0.727. The van der Waals surface area contributed by atoms with E-state index in [-0.39, 0.29) is 18.9 Å². The average Bonchev–Trinajstić information content (AvgIpc) is 2.87. The zero-order chi connectivity index (χ0) is 14.5. The number of hydrogen-bond donors (Lipinski definition) is 3. The van der Waals surface area contributed by atoms with Gasteiger partial charge >= 0.3 is 0 Å². The highest BCUT2D eigenvalue weighted by molar-refractivity contribution is 6.00. The van der Waals surface area contributed by atoms with Crippen molar-refractivity contribution in [1.82, 2.24) is 15.5 Å². The van der Waals surface area contributed by atoms with Gasteiger partial charge in [0.05, 0.1) is 17.5 Å². The van der Waals surface area contributed by atoms with Gasteiger partial charge in [0, 0.05) is 18.5 Å². The number of benzene rings is 1. The smallest absolute Gasteiger partial charge is 0.255 e. The number of aromatic amines is 1. The highest BCUT2D eigenvalue weighted by Crippen LogP contribution is 2.24. The lowest BCUT2D eigenvalue weighted by molar-refractivity contribution is -0.117. The minimum absolute atomic E-state index is 0.114. The van der Waals surface area contributed by atoms with Gasteiger partial charge in [-0.3, -0.25) is 14.7 Å². The molecule has 0 aliphatic heterocycles. The number of nitrogens with zero attached hydrogens (tertiary/aromatic N) is 1. The summed E-state index contributed by atoms with van der Waals surface area (Å²) in [6.07, 6.45) is 1.59. The first-order valence-electron chi connectivity index (χ1n) is 6.25. The van der Waals surface area contributed by atoms with Crippen molar-refractivity contribution in [1.29, 1.82) is 0 Å². The molecule has 2 aromatic rings. The molecule has 104 valence electrons. The third kappa shape index (κ3) is 3.03. The van der Waals surface area contributed by atoms with Crippen LogP contribution in [0.3, 0.4) is 0 Å². The van der Waals surface area contributed by atoms with Gasteiger partial charge in [0.25, 0.3) is 5.91 Å². The molecule has 0 atom stereocenters. The second kappa shape index (κ2) is 6.01. The Hall–Kier alpha value is -2.63. The Morgan fingerprint density at radius 3 is 2.80 bits per heavy atom. The zero-order valence-corrected chi connectivity index (χ0v) is 11.1. The van der Waals surface area contributed by atoms with Crippen LogP contribution in [0.15, 0.2) is 30.5 Å². The highest BCUT2D eigenvalue weighted by atomic mass is 16.2. The second-order valence-corrected chi connectivity index (χ2v) is 4.45. The van der Waals surface area contributed by atoms with Crippen molar-refractivity contribution in [3.63, 3.8) is 0 Å². The van der Waals surface area contributed by atoms with Gasteiger partial charge in [-0.05, 0) is 12.5 Å². The van der Waals surface area contributed by atoms with Crippen LogP contribution >= 0.6 is 0 Å². The van der Waals surface area contributed by atoms with Crippen LogP contribution in [0.5, 0.6) is 0 Å². The van der Waals surface area contributed by atoms with E-state index >= 15 is 0 Å². The second-order valence-electron chi connectivity index (χ2n) is 4.45. The molecule has 2 amide bonds. The van der Waals surface area contributed by atoms with Crippen LogP contribution in [0.25, 0.3) is 11.3 Å². The van der Waals surface area contributed by atoms with Crippen LogP contribution in [-0.2, 0) is 4.79 Å². The summed E-state index contributed by atoms with van der Waals surface area (Å²) in [5, 5.41) is 9.41. The Labute approximate surface area is 116 Å². The van der Waals surface area contributed by atoms with E-state index in [0.29, 0.717) is 11.3 Å². The van der Waals surface area contributed by atoms with Crippen LogP contribution in [0.1, 0.15) is 22.3 Å². The first kappa shape index (κ1) is 13.8. The maximum Gasteiger partial charge on any atom is 0.255 e. The van der Waals surface area contributed by atoms with E-state index < -0.39 is 5.91 Å². The van der Waals surface area contributed by atoms with E-state index in [1.54, 1.807) is 0 Å². The Morgan fingerprint density at radius 2 is 2.10 bits per heavy atom. The SMILES string of the molecule is Cc1ccccc1-c1[nH]ncc1C(=O)NCCC(N)=O. The molecule has 1 aromatic carbocycles. The van der Waals surface area contributed by atoms with Crippen LogP contribution in [0.2, 0.25) is 0 Å². The molecule has 0 radical (unpaired) electrons. The predicted octanol–water partition coefficient (Wildman–Crippen LogP) is 0.990. The van der Waals surface area contributed by atoms with Gasteiger partial charge in [-0.1, -0.05) is 24.3 Å². The number of hydrogen-bond acceptors (Lipinski definition) is 3. The number of carbonyl (C=O) groups is 2. The van der Waals surface area contributed by atoms with Gasteiger partial charge < -0.3 is 11.1 Å². The van der Waals surface area contributed by atoms with E-state index in [4.69, 9.17) is 5.73 Å². The Bertz CT molecular complexity index is 634. The molecule has 0 unspecified atom stereocenters. The fourth-order valence-corrected chi connectivity index (χ4v) is 1.91. The number of H-pyrrole nitrogens is 1. The van der Waals surface area contributed by atoms with E-state index in [0.717, 1.165) is 11.1 Å². The van der Waals surface area contributed by atoms with Crippen molar-refractivity contribution < 1.29 is 9.59 Å². The van der Waals surface area contributed by atoms with Crippen molar-refractivity contribution in [2.45, 2.75) is 13.3 Å². The first-order valence-corrected chi connectivity index (χ1v) is 6.25. The number of aryl methyl sites for hydroxylation is 1. The maximum atomic E-state index is 12.1. The molecule has 0 bridgehead atoms. The van der Waals surface area contributed by atoms with E-state index in [1.165, 1.54) is 6.20 Å². The Balaban J connectivity index is 2.19. The summed E-state index contributed by atoms with van der Waals surface area (Å²) < 4.78 is 0. The molecule has 6 heteroatoms. The summed E-state index contributed by atoms with van der Waals surface area (Å²) in [6.45, 7) is 2.18. The molecule has 6 nitrogen and oxygen atoms in total. The van der Waals surface area contributed by atoms with E-state index in [2.05, 4.69) is 15.5 Å². The van der Waals surface area contributed by atoms with Crippen LogP contribution in [0.4, 0.5) is 0 Å². The summed E-state index contributed by atoms with van der Waals surface area (Å²) in [7, 11) is 0. The normalized spacial score (nSPS) is 10.2. The summed E-state index contributed by atoms with van der Waals surface area (Å²) in [4.78, 5) is 22.7. The molecule has 1 aromatic heterocycles. The number of carbonyl (C=O) groups excluding carboxylic acids is 2. The standard InChI is InChI=1S/C14H16N4O2/c1-9-4-2-3-5-10(9)13-11(8-17-18-13)14(20)16-7-6-12(15)19/h2-5,8H,6-7H2,1H3,(H2,15,19)(H,16,20)(H,17,18). The van der Waals surface area contributed by atoms with Gasteiger partial charge in [0.2, 0.25) is 5.91 Å². The molecule has 0 fully saturated rings. The molecular weight excluding hydrogens is 256 g/mol. The molecule has 0 saturated carbocycles. The molecule has 4 N–H and O–H groups in total. The predicted molar refractivity (Wildman–Crippen MR) is 74.9 cm³/mol. The lowest BCUT2D eigenvalue weighted by atomic mass is 10.0.